The van der Waals surface area contributed by atoms with E-state index < -0.39 is 65.5 Å². The Balaban J connectivity index is 2.44. The van der Waals surface area contributed by atoms with Gasteiger partial charge in [0.05, 0.1) is 30.0 Å². The number of hydrogen-bond donors (Lipinski definition) is 0. The summed E-state index contributed by atoms with van der Waals surface area (Å²) in [6, 6.07) is 8.41. The molecule has 0 radical (unpaired) electrons. The van der Waals surface area contributed by atoms with Crippen molar-refractivity contribution in [1.82, 2.24) is 9.13 Å². The molecule has 0 N–H and O–H groups in total. The molecule has 1 heterocycles. The molecule has 0 aliphatic rings. The molecule has 0 fully saturated rings. The van der Waals surface area contributed by atoms with Gasteiger partial charge in [0.25, 0.3) is 5.56 Å². The lowest BCUT2D eigenvalue weighted by Gasteiger charge is -2.20. The highest BCUT2D eigenvalue weighted by atomic mass is 35.5. The molecule has 38 heavy (non-hydrogen) atoms. The van der Waals surface area contributed by atoms with Crippen LogP contribution in [0.2, 0.25) is 0 Å². The van der Waals surface area contributed by atoms with E-state index in [1.807, 2.05) is 0 Å². The summed E-state index contributed by atoms with van der Waals surface area (Å²) in [4.78, 5) is 16.5. The average molecular weight is 574 g/mol. The second-order valence-corrected chi connectivity index (χ2v) is 8.11. The van der Waals surface area contributed by atoms with Crippen LogP contribution in [0.25, 0.3) is 0 Å². The third kappa shape index (κ3) is 6.98. The van der Waals surface area contributed by atoms with Crippen LogP contribution in [0.15, 0.2) is 64.4 Å². The molecule has 2 aromatic carbocycles. The van der Waals surface area contributed by atoms with E-state index in [1.54, 1.807) is 18.2 Å². The molecule has 0 aliphatic carbocycles. The van der Waals surface area contributed by atoms with E-state index in [0.717, 1.165) is 0 Å². The van der Waals surface area contributed by atoms with Crippen molar-refractivity contribution in [2.75, 3.05) is 12.5 Å². The standard InChI is InChI=1S/C23H17ClF9N3O2/c24-8-9-38-13-36-18(23(31,32)33)11-19(37)35(12-14-4-2-1-3-5-14)20(36)34-17-7-6-15(21(25,26)27)10-16(17)22(28,29)30/h1-7,10-11H,8-9,12-13H2. The maximum Gasteiger partial charge on any atom is 0.431 e. The second kappa shape index (κ2) is 11.2. The Bertz CT molecular complexity index is 1390. The fourth-order valence-electron chi connectivity index (χ4n) is 3.38. The van der Waals surface area contributed by atoms with Crippen LogP contribution in [-0.4, -0.2) is 21.6 Å². The Kier molecular flexibility index (Phi) is 8.66. The zero-order chi connectivity index (χ0) is 28.3. The van der Waals surface area contributed by atoms with E-state index in [-0.39, 0.29) is 24.6 Å². The lowest BCUT2D eigenvalue weighted by Crippen LogP contribution is -2.44. The van der Waals surface area contributed by atoms with Crippen LogP contribution >= 0.6 is 11.6 Å². The van der Waals surface area contributed by atoms with Crippen LogP contribution < -0.4 is 11.2 Å². The van der Waals surface area contributed by atoms with Gasteiger partial charge in [-0.3, -0.25) is 13.9 Å². The molecule has 3 aromatic rings. The van der Waals surface area contributed by atoms with E-state index in [9.17, 15) is 44.3 Å². The third-order valence-electron chi connectivity index (χ3n) is 5.07. The van der Waals surface area contributed by atoms with Crippen molar-refractivity contribution < 1.29 is 44.3 Å². The minimum absolute atomic E-state index is 0.144. The van der Waals surface area contributed by atoms with Crippen LogP contribution in [0, 0.1) is 0 Å². The first-order valence-electron chi connectivity index (χ1n) is 10.6. The molecule has 0 saturated heterocycles. The van der Waals surface area contributed by atoms with Crippen LogP contribution in [0.3, 0.4) is 0 Å². The van der Waals surface area contributed by atoms with Gasteiger partial charge in [-0.25, -0.2) is 4.99 Å². The summed E-state index contributed by atoms with van der Waals surface area (Å²) in [5.74, 6) is -0.144. The molecule has 0 amide bonds. The number of rotatable bonds is 7. The number of nitrogens with zero attached hydrogens (tertiary/aromatic N) is 3. The Hall–Kier alpha value is -3.26. The monoisotopic (exact) mass is 573 g/mol. The van der Waals surface area contributed by atoms with Crippen molar-refractivity contribution in [3.05, 3.63) is 93.0 Å². The van der Waals surface area contributed by atoms with Crippen molar-refractivity contribution >= 4 is 17.3 Å². The van der Waals surface area contributed by atoms with Crippen molar-refractivity contribution in [1.29, 1.82) is 0 Å². The molecule has 5 nitrogen and oxygen atoms in total. The summed E-state index contributed by atoms with van der Waals surface area (Å²) in [6.45, 7) is -1.62. The third-order valence-corrected chi connectivity index (χ3v) is 5.22. The van der Waals surface area contributed by atoms with E-state index in [0.29, 0.717) is 26.8 Å². The highest BCUT2D eigenvalue weighted by Crippen LogP contribution is 2.40. The summed E-state index contributed by atoms with van der Waals surface area (Å²) < 4.78 is 128. The summed E-state index contributed by atoms with van der Waals surface area (Å²) >= 11 is 5.50. The van der Waals surface area contributed by atoms with Gasteiger partial charge < -0.3 is 4.74 Å². The molecule has 206 valence electrons. The molecule has 0 bridgehead atoms. The molecule has 1 aromatic heterocycles. The number of alkyl halides is 10. The lowest BCUT2D eigenvalue weighted by atomic mass is 10.1. The van der Waals surface area contributed by atoms with Crippen molar-refractivity contribution in [3.8, 4) is 0 Å². The SMILES string of the molecule is O=c1cc(C(F)(F)F)n(COCCCl)c(=Nc2ccc(C(F)(F)F)cc2C(F)(F)F)n1Cc1ccccc1. The zero-order valence-electron chi connectivity index (χ0n) is 19.0. The highest BCUT2D eigenvalue weighted by Gasteiger charge is 2.39. The van der Waals surface area contributed by atoms with Gasteiger partial charge in [0.1, 0.15) is 12.4 Å². The normalized spacial score (nSPS) is 13.3. The van der Waals surface area contributed by atoms with E-state index in [2.05, 4.69) is 4.99 Å². The molecule has 0 unspecified atom stereocenters. The molecular weight excluding hydrogens is 557 g/mol. The number of hydrogen-bond acceptors (Lipinski definition) is 3. The van der Waals surface area contributed by atoms with Crippen LogP contribution in [0.1, 0.15) is 22.4 Å². The van der Waals surface area contributed by atoms with Gasteiger partial charge >= 0.3 is 18.5 Å². The predicted octanol–water partition coefficient (Wildman–Crippen LogP) is 6.20. The average Bonchev–Trinajstić information content (AvgIpc) is 2.81. The minimum Gasteiger partial charge on any atom is -0.359 e. The Morgan fingerprint density at radius 1 is 0.816 bits per heavy atom. The van der Waals surface area contributed by atoms with Gasteiger partial charge in [0, 0.05) is 11.9 Å². The van der Waals surface area contributed by atoms with Gasteiger partial charge in [0.2, 0.25) is 5.62 Å². The molecular formula is C23H17ClF9N3O2. The number of ether oxygens (including phenoxy) is 1. The first-order valence-corrected chi connectivity index (χ1v) is 11.1. The number of aromatic nitrogens is 2. The molecule has 0 spiro atoms. The van der Waals surface area contributed by atoms with Crippen LogP contribution in [0.4, 0.5) is 45.2 Å². The molecule has 0 saturated carbocycles. The summed E-state index contributed by atoms with van der Waals surface area (Å²) in [7, 11) is 0. The van der Waals surface area contributed by atoms with Gasteiger partial charge in [-0.05, 0) is 23.8 Å². The Morgan fingerprint density at radius 2 is 1.47 bits per heavy atom. The fourth-order valence-corrected chi connectivity index (χ4v) is 3.49. The van der Waals surface area contributed by atoms with Crippen LogP contribution in [0.5, 0.6) is 0 Å². The molecule has 0 atom stereocenters. The van der Waals surface area contributed by atoms with E-state index in [4.69, 9.17) is 16.3 Å². The van der Waals surface area contributed by atoms with Crippen molar-refractivity contribution in [3.63, 3.8) is 0 Å². The minimum atomic E-state index is -5.37. The van der Waals surface area contributed by atoms with Crippen molar-refractivity contribution in [2.24, 2.45) is 4.99 Å². The van der Waals surface area contributed by atoms with Gasteiger partial charge in [-0.1, -0.05) is 30.3 Å². The topological polar surface area (TPSA) is 48.5 Å². The van der Waals surface area contributed by atoms with Gasteiger partial charge in [-0.2, -0.15) is 39.5 Å². The lowest BCUT2D eigenvalue weighted by molar-refractivity contribution is -0.147. The maximum atomic E-state index is 13.9. The first-order chi connectivity index (χ1) is 17.6. The smallest absolute Gasteiger partial charge is 0.359 e. The summed E-state index contributed by atoms with van der Waals surface area (Å²) in [5.41, 5.74) is -8.08. The van der Waals surface area contributed by atoms with Crippen LogP contribution in [-0.2, 0) is 36.5 Å². The Morgan fingerprint density at radius 3 is 2.03 bits per heavy atom. The Labute approximate surface area is 213 Å². The van der Waals surface area contributed by atoms with Gasteiger partial charge in [0.15, 0.2) is 0 Å². The number of halogens is 10. The predicted molar refractivity (Wildman–Crippen MR) is 118 cm³/mol. The second-order valence-electron chi connectivity index (χ2n) is 7.73. The van der Waals surface area contributed by atoms with E-state index >= 15 is 0 Å². The largest absolute Gasteiger partial charge is 0.431 e. The van der Waals surface area contributed by atoms with E-state index in [1.165, 1.54) is 12.1 Å². The maximum absolute atomic E-state index is 13.9. The first kappa shape index (κ1) is 29.3. The zero-order valence-corrected chi connectivity index (χ0v) is 19.7. The molecule has 0 aliphatic heterocycles. The fraction of sp³-hybridized carbons (Fsp3) is 0.304. The number of benzene rings is 2. The van der Waals surface area contributed by atoms with Crippen molar-refractivity contribution in [2.45, 2.75) is 31.8 Å². The molecule has 3 rings (SSSR count). The quantitative estimate of drug-likeness (QED) is 0.192. The molecule has 15 heteroatoms. The highest BCUT2D eigenvalue weighted by molar-refractivity contribution is 6.17. The van der Waals surface area contributed by atoms with Gasteiger partial charge in [-0.15, -0.1) is 11.6 Å². The summed E-state index contributed by atoms with van der Waals surface area (Å²) in [5, 5.41) is 0. The summed E-state index contributed by atoms with van der Waals surface area (Å²) in [6.07, 6.45) is -15.7.